The molecule has 1 aliphatic carbocycles. The molecule has 1 fully saturated rings. The Morgan fingerprint density at radius 2 is 2.00 bits per heavy atom. The zero-order chi connectivity index (χ0) is 13.1. The van der Waals surface area contributed by atoms with Gasteiger partial charge in [0.15, 0.2) is 0 Å². The van der Waals surface area contributed by atoms with Crippen molar-refractivity contribution in [3.05, 3.63) is 52.1 Å². The van der Waals surface area contributed by atoms with Crippen molar-refractivity contribution in [1.29, 1.82) is 0 Å². The third-order valence-corrected chi connectivity index (χ3v) is 3.61. The van der Waals surface area contributed by atoms with Gasteiger partial charge in [0.25, 0.3) is 5.69 Å². The standard InChI is InChI=1S/C14H17NO3/c1-10-4-2-3-5-13(10)14(16)11-6-8-12(9-7-11)15(17)18/h6-9,13-14,16H,1-5H2/t13-,14+/m0/s1. The number of nitro benzene ring substituents is 1. The van der Waals surface area contributed by atoms with Crippen LogP contribution in [0.3, 0.4) is 0 Å². The molecule has 1 saturated carbocycles. The van der Waals surface area contributed by atoms with E-state index in [2.05, 4.69) is 6.58 Å². The maximum Gasteiger partial charge on any atom is 0.269 e. The monoisotopic (exact) mass is 247 g/mol. The van der Waals surface area contributed by atoms with Crippen LogP contribution in [-0.2, 0) is 0 Å². The van der Waals surface area contributed by atoms with Crippen molar-refractivity contribution in [1.82, 2.24) is 0 Å². The van der Waals surface area contributed by atoms with Crippen LogP contribution in [0.2, 0.25) is 0 Å². The largest absolute Gasteiger partial charge is 0.388 e. The molecule has 0 spiro atoms. The minimum atomic E-state index is -0.599. The first-order valence-electron chi connectivity index (χ1n) is 6.19. The zero-order valence-corrected chi connectivity index (χ0v) is 10.2. The zero-order valence-electron chi connectivity index (χ0n) is 10.2. The lowest BCUT2D eigenvalue weighted by atomic mass is 9.79. The highest BCUT2D eigenvalue weighted by atomic mass is 16.6. The van der Waals surface area contributed by atoms with Gasteiger partial charge < -0.3 is 5.11 Å². The number of rotatable bonds is 3. The van der Waals surface area contributed by atoms with Gasteiger partial charge in [0.05, 0.1) is 11.0 Å². The van der Waals surface area contributed by atoms with Crippen LogP contribution in [-0.4, -0.2) is 10.0 Å². The van der Waals surface area contributed by atoms with E-state index in [1.54, 1.807) is 12.1 Å². The molecular weight excluding hydrogens is 230 g/mol. The van der Waals surface area contributed by atoms with E-state index in [1.807, 2.05) is 0 Å². The fourth-order valence-electron chi connectivity index (χ4n) is 2.51. The summed E-state index contributed by atoms with van der Waals surface area (Å²) in [5, 5.41) is 20.9. The number of nitrogens with zero attached hydrogens (tertiary/aromatic N) is 1. The number of non-ortho nitro benzene ring substituents is 1. The van der Waals surface area contributed by atoms with E-state index in [-0.39, 0.29) is 11.6 Å². The van der Waals surface area contributed by atoms with Crippen LogP contribution in [0.25, 0.3) is 0 Å². The van der Waals surface area contributed by atoms with E-state index >= 15 is 0 Å². The summed E-state index contributed by atoms with van der Waals surface area (Å²) in [6.07, 6.45) is 3.56. The van der Waals surface area contributed by atoms with Gasteiger partial charge in [-0.15, -0.1) is 0 Å². The van der Waals surface area contributed by atoms with Crippen LogP contribution in [0, 0.1) is 16.0 Å². The molecule has 1 aromatic carbocycles. The molecule has 2 rings (SSSR count). The Morgan fingerprint density at radius 1 is 1.33 bits per heavy atom. The first-order chi connectivity index (χ1) is 8.59. The van der Waals surface area contributed by atoms with Crippen molar-refractivity contribution >= 4 is 5.69 Å². The lowest BCUT2D eigenvalue weighted by molar-refractivity contribution is -0.384. The minimum Gasteiger partial charge on any atom is -0.388 e. The highest BCUT2D eigenvalue weighted by Crippen LogP contribution is 2.37. The molecule has 18 heavy (non-hydrogen) atoms. The van der Waals surface area contributed by atoms with Crippen LogP contribution in [0.4, 0.5) is 5.69 Å². The predicted molar refractivity (Wildman–Crippen MR) is 69.2 cm³/mol. The number of aliphatic hydroxyl groups is 1. The molecule has 0 heterocycles. The fourth-order valence-corrected chi connectivity index (χ4v) is 2.51. The average Bonchev–Trinajstić information content (AvgIpc) is 2.38. The second kappa shape index (κ2) is 5.31. The van der Waals surface area contributed by atoms with Gasteiger partial charge in [0.1, 0.15) is 0 Å². The highest BCUT2D eigenvalue weighted by molar-refractivity contribution is 5.34. The second-order valence-corrected chi connectivity index (χ2v) is 4.80. The Bertz CT molecular complexity index is 453. The van der Waals surface area contributed by atoms with Gasteiger partial charge in [-0.1, -0.05) is 18.6 Å². The summed E-state index contributed by atoms with van der Waals surface area (Å²) in [6.45, 7) is 4.02. The van der Waals surface area contributed by atoms with E-state index in [1.165, 1.54) is 12.1 Å². The van der Waals surface area contributed by atoms with E-state index < -0.39 is 11.0 Å². The summed E-state index contributed by atoms with van der Waals surface area (Å²) in [6, 6.07) is 6.13. The van der Waals surface area contributed by atoms with Crippen LogP contribution >= 0.6 is 0 Å². The lowest BCUT2D eigenvalue weighted by Crippen LogP contribution is -2.18. The van der Waals surface area contributed by atoms with Gasteiger partial charge >= 0.3 is 0 Å². The van der Waals surface area contributed by atoms with Crippen LogP contribution in [0.15, 0.2) is 36.4 Å². The summed E-state index contributed by atoms with van der Waals surface area (Å²) < 4.78 is 0. The number of hydrogen-bond donors (Lipinski definition) is 1. The number of hydrogen-bond acceptors (Lipinski definition) is 3. The first-order valence-corrected chi connectivity index (χ1v) is 6.19. The van der Waals surface area contributed by atoms with Crippen molar-refractivity contribution in [2.45, 2.75) is 31.8 Å². The van der Waals surface area contributed by atoms with Crippen LogP contribution in [0.1, 0.15) is 37.4 Å². The maximum absolute atomic E-state index is 10.6. The Hall–Kier alpha value is -1.68. The number of benzene rings is 1. The molecule has 4 heteroatoms. The molecule has 0 aromatic heterocycles. The van der Waals surface area contributed by atoms with Gasteiger partial charge in [-0.25, -0.2) is 0 Å². The Balaban J connectivity index is 2.15. The summed E-state index contributed by atoms with van der Waals surface area (Å²) >= 11 is 0. The number of nitro groups is 1. The molecule has 1 aromatic rings. The van der Waals surface area contributed by atoms with Crippen molar-refractivity contribution in [2.24, 2.45) is 5.92 Å². The smallest absolute Gasteiger partial charge is 0.269 e. The van der Waals surface area contributed by atoms with Crippen molar-refractivity contribution in [3.8, 4) is 0 Å². The van der Waals surface area contributed by atoms with E-state index in [0.717, 1.165) is 36.8 Å². The normalized spacial score (nSPS) is 21.6. The molecule has 2 atom stereocenters. The summed E-state index contributed by atoms with van der Waals surface area (Å²) in [5.41, 5.74) is 1.87. The molecule has 0 radical (unpaired) electrons. The van der Waals surface area contributed by atoms with Gasteiger partial charge in [0.2, 0.25) is 0 Å². The molecule has 0 saturated heterocycles. The predicted octanol–water partition coefficient (Wildman–Crippen LogP) is 3.37. The molecule has 1 N–H and O–H groups in total. The molecule has 4 nitrogen and oxygen atoms in total. The highest BCUT2D eigenvalue weighted by Gasteiger charge is 2.26. The third kappa shape index (κ3) is 2.59. The quantitative estimate of drug-likeness (QED) is 0.506. The Morgan fingerprint density at radius 3 is 2.56 bits per heavy atom. The minimum absolute atomic E-state index is 0.0495. The van der Waals surface area contributed by atoms with Crippen molar-refractivity contribution in [2.75, 3.05) is 0 Å². The Labute approximate surface area is 106 Å². The molecule has 0 unspecified atom stereocenters. The van der Waals surface area contributed by atoms with E-state index in [0.29, 0.717) is 0 Å². The third-order valence-electron chi connectivity index (χ3n) is 3.61. The number of aliphatic hydroxyl groups excluding tert-OH is 1. The molecule has 0 aliphatic heterocycles. The van der Waals surface area contributed by atoms with Crippen molar-refractivity contribution in [3.63, 3.8) is 0 Å². The lowest BCUT2D eigenvalue weighted by Gasteiger charge is -2.29. The molecular formula is C14H17NO3. The van der Waals surface area contributed by atoms with Gasteiger partial charge in [-0.2, -0.15) is 0 Å². The first kappa shape index (κ1) is 12.8. The summed E-state index contributed by atoms with van der Waals surface area (Å²) in [5.74, 6) is 0.0835. The molecule has 96 valence electrons. The van der Waals surface area contributed by atoms with E-state index in [4.69, 9.17) is 0 Å². The molecule has 0 bridgehead atoms. The second-order valence-electron chi connectivity index (χ2n) is 4.80. The summed E-state index contributed by atoms with van der Waals surface area (Å²) in [4.78, 5) is 10.1. The molecule has 1 aliphatic rings. The van der Waals surface area contributed by atoms with Gasteiger partial charge in [-0.3, -0.25) is 10.1 Å². The average molecular weight is 247 g/mol. The fraction of sp³-hybridized carbons (Fsp3) is 0.429. The van der Waals surface area contributed by atoms with Crippen LogP contribution in [0.5, 0.6) is 0 Å². The summed E-state index contributed by atoms with van der Waals surface area (Å²) in [7, 11) is 0. The Kier molecular flexibility index (Phi) is 3.77. The van der Waals surface area contributed by atoms with E-state index in [9.17, 15) is 15.2 Å². The van der Waals surface area contributed by atoms with Crippen molar-refractivity contribution < 1.29 is 10.0 Å². The maximum atomic E-state index is 10.6. The van der Waals surface area contributed by atoms with Crippen LogP contribution < -0.4 is 0 Å². The topological polar surface area (TPSA) is 63.4 Å². The molecule has 0 amide bonds. The van der Waals surface area contributed by atoms with Gasteiger partial charge in [-0.05, 0) is 37.0 Å². The van der Waals surface area contributed by atoms with Gasteiger partial charge in [0, 0.05) is 18.1 Å². The SMILES string of the molecule is C=C1CCCC[C@@H]1[C@H](O)c1ccc([N+](=O)[O-])cc1.